The van der Waals surface area contributed by atoms with Crippen LogP contribution in [-0.4, -0.2) is 22.4 Å². The van der Waals surface area contributed by atoms with E-state index in [2.05, 4.69) is 10.4 Å². The molecule has 0 aromatic carbocycles. The first kappa shape index (κ1) is 10.9. The molecule has 0 atom stereocenters. The Morgan fingerprint density at radius 1 is 1.41 bits per heavy atom. The minimum atomic E-state index is -0.0869. The molecule has 2 aliphatic rings. The van der Waals surface area contributed by atoms with Gasteiger partial charge in [0.15, 0.2) is 5.69 Å². The molecule has 0 bridgehead atoms. The van der Waals surface area contributed by atoms with Gasteiger partial charge in [0.05, 0.1) is 5.69 Å². The highest BCUT2D eigenvalue weighted by molar-refractivity contribution is 6.28. The van der Waals surface area contributed by atoms with E-state index in [0.717, 1.165) is 24.2 Å². The number of hydrogen-bond acceptors (Lipinski definition) is 3. The third-order valence-electron chi connectivity index (χ3n) is 3.63. The van der Waals surface area contributed by atoms with Crippen LogP contribution in [0.4, 0.5) is 5.69 Å². The SMILES string of the molecule is Cn1nc(C2CCCC2)c2c1C(=O)NCN2Cl. The van der Waals surface area contributed by atoms with Crippen molar-refractivity contribution in [1.29, 1.82) is 0 Å². The molecule has 3 rings (SSSR count). The van der Waals surface area contributed by atoms with Gasteiger partial charge < -0.3 is 5.32 Å². The number of hydrogen-bond donors (Lipinski definition) is 1. The maximum Gasteiger partial charge on any atom is 0.273 e. The number of amides is 1. The van der Waals surface area contributed by atoms with Gasteiger partial charge in [0.1, 0.15) is 12.4 Å². The molecule has 1 aromatic rings. The van der Waals surface area contributed by atoms with Gasteiger partial charge in [0, 0.05) is 24.7 Å². The van der Waals surface area contributed by atoms with E-state index in [4.69, 9.17) is 11.8 Å². The predicted octanol–water partition coefficient (Wildman–Crippen LogP) is 1.74. The average Bonchev–Trinajstić information content (AvgIpc) is 2.91. The number of anilines is 1. The smallest absolute Gasteiger partial charge is 0.273 e. The number of carbonyl (C=O) groups is 1. The highest BCUT2D eigenvalue weighted by Crippen LogP contribution is 2.41. The third-order valence-corrected chi connectivity index (χ3v) is 3.91. The van der Waals surface area contributed by atoms with Crippen molar-refractivity contribution in [2.45, 2.75) is 31.6 Å². The number of nitrogens with one attached hydrogen (secondary N) is 1. The lowest BCUT2D eigenvalue weighted by molar-refractivity contribution is 0.0941. The minimum absolute atomic E-state index is 0.0869. The number of fused-ring (bicyclic) bond motifs is 1. The molecule has 1 amide bonds. The van der Waals surface area contributed by atoms with Gasteiger partial charge in [-0.1, -0.05) is 12.8 Å². The predicted molar refractivity (Wildman–Crippen MR) is 65.1 cm³/mol. The molecule has 1 N–H and O–H groups in total. The van der Waals surface area contributed by atoms with Gasteiger partial charge >= 0.3 is 0 Å². The Kier molecular flexibility index (Phi) is 2.50. The first-order valence-electron chi connectivity index (χ1n) is 5.97. The van der Waals surface area contributed by atoms with Gasteiger partial charge in [-0.2, -0.15) is 5.10 Å². The van der Waals surface area contributed by atoms with E-state index in [9.17, 15) is 4.79 Å². The summed E-state index contributed by atoms with van der Waals surface area (Å²) in [6.45, 7) is 0.346. The summed E-state index contributed by atoms with van der Waals surface area (Å²) in [5.74, 6) is 0.369. The summed E-state index contributed by atoms with van der Waals surface area (Å²) in [5.41, 5.74) is 2.38. The van der Waals surface area contributed by atoms with Crippen molar-refractivity contribution in [2.24, 2.45) is 7.05 Å². The largest absolute Gasteiger partial charge is 0.332 e. The molecule has 1 aliphatic heterocycles. The Bertz CT molecular complexity index is 464. The lowest BCUT2D eigenvalue weighted by Crippen LogP contribution is -2.39. The summed E-state index contributed by atoms with van der Waals surface area (Å²) in [4.78, 5) is 11.8. The molecular formula is C11H15ClN4O. The van der Waals surface area contributed by atoms with E-state index >= 15 is 0 Å². The van der Waals surface area contributed by atoms with Crippen LogP contribution >= 0.6 is 11.8 Å². The average molecular weight is 255 g/mol. The normalized spacial score (nSPS) is 20.6. The molecule has 0 saturated heterocycles. The molecular weight excluding hydrogens is 240 g/mol. The monoisotopic (exact) mass is 254 g/mol. The molecule has 1 aliphatic carbocycles. The molecule has 0 spiro atoms. The second kappa shape index (κ2) is 3.91. The maximum absolute atomic E-state index is 11.8. The molecule has 0 radical (unpaired) electrons. The fourth-order valence-corrected chi connectivity index (χ4v) is 3.03. The Hall–Kier alpha value is -1.23. The quantitative estimate of drug-likeness (QED) is 0.777. The number of halogens is 1. The zero-order chi connectivity index (χ0) is 12.0. The van der Waals surface area contributed by atoms with Crippen molar-refractivity contribution >= 4 is 23.4 Å². The van der Waals surface area contributed by atoms with E-state index < -0.39 is 0 Å². The van der Waals surface area contributed by atoms with Gasteiger partial charge in [-0.15, -0.1) is 0 Å². The summed E-state index contributed by atoms with van der Waals surface area (Å²) < 4.78 is 3.21. The van der Waals surface area contributed by atoms with Crippen molar-refractivity contribution in [2.75, 3.05) is 11.1 Å². The molecule has 1 aromatic heterocycles. The fraction of sp³-hybridized carbons (Fsp3) is 0.636. The Balaban J connectivity index is 2.10. The fourth-order valence-electron chi connectivity index (χ4n) is 2.81. The van der Waals surface area contributed by atoms with E-state index in [0.29, 0.717) is 18.3 Å². The zero-order valence-electron chi connectivity index (χ0n) is 9.74. The number of rotatable bonds is 1. The molecule has 2 heterocycles. The Morgan fingerprint density at radius 2 is 2.12 bits per heavy atom. The lowest BCUT2D eigenvalue weighted by atomic mass is 10.0. The van der Waals surface area contributed by atoms with Gasteiger partial charge in [0.2, 0.25) is 0 Å². The summed E-state index contributed by atoms with van der Waals surface area (Å²) in [6, 6.07) is 0. The van der Waals surface area contributed by atoms with Gasteiger partial charge in [0.25, 0.3) is 5.91 Å². The van der Waals surface area contributed by atoms with Crippen LogP contribution < -0.4 is 9.74 Å². The summed E-state index contributed by atoms with van der Waals surface area (Å²) in [7, 11) is 1.80. The summed E-state index contributed by atoms with van der Waals surface area (Å²) >= 11 is 6.17. The van der Waals surface area contributed by atoms with Gasteiger partial charge in [-0.25, -0.2) is 0 Å². The molecule has 0 unspecified atom stereocenters. The Labute approximate surface area is 105 Å². The van der Waals surface area contributed by atoms with Crippen LogP contribution in [0.25, 0.3) is 0 Å². The van der Waals surface area contributed by atoms with Crippen LogP contribution in [0.3, 0.4) is 0 Å². The highest BCUT2D eigenvalue weighted by atomic mass is 35.5. The summed E-state index contributed by atoms with van der Waals surface area (Å²) in [6.07, 6.45) is 4.78. The lowest BCUT2D eigenvalue weighted by Gasteiger charge is -2.23. The number of nitrogens with zero attached hydrogens (tertiary/aromatic N) is 3. The number of aromatic nitrogens is 2. The first-order valence-corrected chi connectivity index (χ1v) is 6.30. The minimum Gasteiger partial charge on any atom is -0.332 e. The van der Waals surface area contributed by atoms with Crippen molar-refractivity contribution in [3.05, 3.63) is 11.4 Å². The Morgan fingerprint density at radius 3 is 2.82 bits per heavy atom. The van der Waals surface area contributed by atoms with E-state index in [1.165, 1.54) is 12.8 Å². The van der Waals surface area contributed by atoms with E-state index in [1.54, 1.807) is 16.1 Å². The second-order valence-corrected chi connectivity index (χ2v) is 5.12. The molecule has 17 heavy (non-hydrogen) atoms. The van der Waals surface area contributed by atoms with Crippen molar-refractivity contribution in [3.8, 4) is 0 Å². The third kappa shape index (κ3) is 1.60. The van der Waals surface area contributed by atoms with E-state index in [-0.39, 0.29) is 5.91 Å². The van der Waals surface area contributed by atoms with Crippen LogP contribution in [0.2, 0.25) is 0 Å². The highest BCUT2D eigenvalue weighted by Gasteiger charge is 2.33. The summed E-state index contributed by atoms with van der Waals surface area (Å²) in [5, 5.41) is 7.23. The standard InChI is InChI=1S/C11H15ClN4O/c1-15-10-9(16(12)6-13-11(10)17)8(14-15)7-4-2-3-5-7/h7H,2-6H2,1H3,(H,13,17). The van der Waals surface area contributed by atoms with Gasteiger partial charge in [-0.05, 0) is 12.8 Å². The molecule has 5 nitrogen and oxygen atoms in total. The van der Waals surface area contributed by atoms with Crippen LogP contribution in [0.5, 0.6) is 0 Å². The number of aryl methyl sites for hydroxylation is 1. The van der Waals surface area contributed by atoms with Crippen LogP contribution in [0.15, 0.2) is 0 Å². The van der Waals surface area contributed by atoms with E-state index in [1.807, 2.05) is 0 Å². The molecule has 92 valence electrons. The number of carbonyl (C=O) groups excluding carboxylic acids is 1. The van der Waals surface area contributed by atoms with Crippen molar-refractivity contribution in [1.82, 2.24) is 15.1 Å². The first-order chi connectivity index (χ1) is 8.18. The molecule has 6 heteroatoms. The van der Waals surface area contributed by atoms with Crippen LogP contribution in [-0.2, 0) is 7.05 Å². The van der Waals surface area contributed by atoms with Crippen molar-refractivity contribution < 1.29 is 4.79 Å². The van der Waals surface area contributed by atoms with Crippen LogP contribution in [0.1, 0.15) is 47.8 Å². The van der Waals surface area contributed by atoms with Crippen LogP contribution in [0, 0.1) is 0 Å². The second-order valence-electron chi connectivity index (χ2n) is 4.71. The topological polar surface area (TPSA) is 50.2 Å². The maximum atomic E-state index is 11.8. The zero-order valence-corrected chi connectivity index (χ0v) is 10.5. The van der Waals surface area contributed by atoms with Crippen molar-refractivity contribution in [3.63, 3.8) is 0 Å². The van der Waals surface area contributed by atoms with Gasteiger partial charge in [-0.3, -0.25) is 13.9 Å². The molecule has 1 saturated carbocycles. The molecule has 1 fully saturated rings.